The van der Waals surface area contributed by atoms with Crippen LogP contribution in [0.15, 0.2) is 247 Å². The Kier molecular flexibility index (Phi) is 9.09. The fourth-order valence-electron chi connectivity index (χ4n) is 11.0. The molecule has 2 aliphatic heterocycles. The maximum atomic E-state index is 6.55. The number of nitrogens with zero attached hydrogens (tertiary/aromatic N) is 6. The molecule has 8 heteroatoms. The first-order chi connectivity index (χ1) is 36.2. The Balaban J connectivity index is 0.949. The van der Waals surface area contributed by atoms with Gasteiger partial charge in [-0.05, 0) is 95.7 Å². The van der Waals surface area contributed by atoms with E-state index in [4.69, 9.17) is 24.1 Å². The number of ether oxygens (including phenoxy) is 1. The fraction of sp³-hybridized carbons (Fsp3) is 0. The zero-order chi connectivity index (χ0) is 48.0. The van der Waals surface area contributed by atoms with Crippen molar-refractivity contribution in [1.29, 1.82) is 0 Å². The first-order valence-electron chi connectivity index (χ1n) is 24.4. The molecule has 4 heterocycles. The molecule has 342 valence electrons. The molecule has 73 heavy (non-hydrogen) atoms. The van der Waals surface area contributed by atoms with Gasteiger partial charge in [0.2, 0.25) is 0 Å². The first kappa shape index (κ1) is 40.8. The lowest BCUT2D eigenvalue weighted by molar-refractivity contribution is 0.477. The molecule has 0 spiro atoms. The molecule has 15 rings (SSSR count). The van der Waals surface area contributed by atoms with Crippen molar-refractivity contribution in [3.05, 3.63) is 243 Å². The summed E-state index contributed by atoms with van der Waals surface area (Å²) in [6, 6.07) is 84.7. The molecule has 0 bridgehead atoms. The number of hydrogen-bond acceptors (Lipinski definition) is 8. The highest BCUT2D eigenvalue weighted by molar-refractivity contribution is 6.13. The van der Waals surface area contributed by atoms with Gasteiger partial charge < -0.3 is 23.9 Å². The summed E-state index contributed by atoms with van der Waals surface area (Å²) in [6.07, 6.45) is 0. The highest BCUT2D eigenvalue weighted by atomic mass is 16.5. The lowest BCUT2D eigenvalue weighted by Gasteiger charge is -2.42. The van der Waals surface area contributed by atoms with Gasteiger partial charge in [-0.15, -0.1) is 0 Å². The SMILES string of the molecule is c1ccc(-c2nc(-c3ccc(N4c5ccccc5N(c5cccc6ccccc56)c5cc(N6c7ccccc7Oc7ccccc76)ccc54)c4ccccc34)nc(-c3cccc4c3oc3ccccc34)n2)cc1. The van der Waals surface area contributed by atoms with Gasteiger partial charge >= 0.3 is 0 Å². The number of rotatable bonds is 6. The van der Waals surface area contributed by atoms with Crippen molar-refractivity contribution < 1.29 is 9.15 Å². The van der Waals surface area contributed by atoms with Crippen LogP contribution in [-0.2, 0) is 0 Å². The Morgan fingerprint density at radius 2 is 0.822 bits per heavy atom. The van der Waals surface area contributed by atoms with Crippen molar-refractivity contribution in [3.63, 3.8) is 0 Å². The Hall–Kier alpha value is -10.1. The van der Waals surface area contributed by atoms with Crippen molar-refractivity contribution in [1.82, 2.24) is 15.0 Å². The Labute approximate surface area is 419 Å². The summed E-state index contributed by atoms with van der Waals surface area (Å²) in [4.78, 5) is 22.9. The molecular weight excluding hydrogens is 897 g/mol. The minimum Gasteiger partial charge on any atom is -0.455 e. The first-order valence-corrected chi connectivity index (χ1v) is 24.4. The summed E-state index contributed by atoms with van der Waals surface area (Å²) in [5.74, 6) is 3.29. The fourth-order valence-corrected chi connectivity index (χ4v) is 11.0. The predicted octanol–water partition coefficient (Wildman–Crippen LogP) is 17.9. The van der Waals surface area contributed by atoms with Gasteiger partial charge in [0.05, 0.1) is 51.1 Å². The smallest absolute Gasteiger partial charge is 0.167 e. The van der Waals surface area contributed by atoms with Crippen molar-refractivity contribution in [2.24, 2.45) is 0 Å². The van der Waals surface area contributed by atoms with E-state index in [2.05, 4.69) is 172 Å². The van der Waals surface area contributed by atoms with Gasteiger partial charge in [-0.3, -0.25) is 0 Å². The van der Waals surface area contributed by atoms with Gasteiger partial charge in [-0.1, -0.05) is 158 Å². The highest BCUT2D eigenvalue weighted by Gasteiger charge is 2.34. The molecule has 0 amide bonds. The third kappa shape index (κ3) is 6.44. The number of benzene rings is 11. The normalized spacial score (nSPS) is 12.7. The molecule has 0 saturated heterocycles. The summed E-state index contributed by atoms with van der Waals surface area (Å²) in [5, 5.41) is 6.44. The average molecular weight is 937 g/mol. The molecule has 0 aliphatic carbocycles. The standard InChI is InChI=1S/C65H40N6O2/c1-2-19-42(20-3-1)63-66-64(68-65(67-63)50-27-17-26-48-47-25-8-13-33-59(47)73-62(48)50)49-37-39-52(46-24-7-6-23-45(46)49)70-53-28-9-10-29-54(53)71(51-32-16-21-41-18-4-5-22-44(41)51)58-40-43(36-38-55(58)70)69-56-30-11-14-34-60(56)72-61-35-15-12-31-57(61)69/h1-40H. The van der Waals surface area contributed by atoms with Crippen LogP contribution < -0.4 is 19.4 Å². The number of fused-ring (bicyclic) bond motifs is 9. The second-order valence-corrected chi connectivity index (χ2v) is 18.3. The molecule has 0 radical (unpaired) electrons. The zero-order valence-corrected chi connectivity index (χ0v) is 39.1. The maximum absolute atomic E-state index is 6.55. The van der Waals surface area contributed by atoms with Crippen molar-refractivity contribution in [2.75, 3.05) is 14.7 Å². The number of para-hydroxylation sites is 8. The van der Waals surface area contributed by atoms with Crippen LogP contribution in [-0.4, -0.2) is 15.0 Å². The van der Waals surface area contributed by atoms with E-state index in [1.807, 2.05) is 84.9 Å². The quantitative estimate of drug-likeness (QED) is 0.163. The lowest BCUT2D eigenvalue weighted by atomic mass is 9.98. The molecule has 0 N–H and O–H groups in total. The van der Waals surface area contributed by atoms with E-state index in [9.17, 15) is 0 Å². The minimum atomic E-state index is 0.537. The molecule has 0 saturated carbocycles. The van der Waals surface area contributed by atoms with E-state index in [0.717, 1.165) is 117 Å². The van der Waals surface area contributed by atoms with Crippen LogP contribution in [0.25, 0.3) is 77.6 Å². The molecule has 0 atom stereocenters. The molecule has 0 unspecified atom stereocenters. The van der Waals surface area contributed by atoms with E-state index < -0.39 is 0 Å². The van der Waals surface area contributed by atoms with Crippen LogP contribution in [0, 0.1) is 0 Å². The lowest BCUT2D eigenvalue weighted by Crippen LogP contribution is -2.25. The molecule has 13 aromatic rings. The van der Waals surface area contributed by atoms with Crippen LogP contribution in [0.3, 0.4) is 0 Å². The van der Waals surface area contributed by atoms with E-state index in [1.165, 1.54) is 5.39 Å². The van der Waals surface area contributed by atoms with Gasteiger partial charge in [-0.2, -0.15) is 0 Å². The van der Waals surface area contributed by atoms with Gasteiger partial charge in [0.15, 0.2) is 29.0 Å². The molecule has 8 nitrogen and oxygen atoms in total. The Bertz CT molecular complexity index is 4310. The second-order valence-electron chi connectivity index (χ2n) is 18.3. The van der Waals surface area contributed by atoms with Crippen molar-refractivity contribution >= 4 is 94.7 Å². The molecule has 2 aromatic heterocycles. The number of furan rings is 1. The summed E-state index contributed by atoms with van der Waals surface area (Å²) >= 11 is 0. The number of anilines is 9. The van der Waals surface area contributed by atoms with E-state index in [-0.39, 0.29) is 0 Å². The Morgan fingerprint density at radius 1 is 0.301 bits per heavy atom. The maximum Gasteiger partial charge on any atom is 0.167 e. The van der Waals surface area contributed by atoms with Crippen molar-refractivity contribution in [2.45, 2.75) is 0 Å². The summed E-state index contributed by atoms with van der Waals surface area (Å²) in [7, 11) is 0. The van der Waals surface area contributed by atoms with Gasteiger partial charge in [0.25, 0.3) is 0 Å². The van der Waals surface area contributed by atoms with Crippen LogP contribution in [0.1, 0.15) is 0 Å². The third-order valence-electron chi connectivity index (χ3n) is 14.2. The third-order valence-corrected chi connectivity index (χ3v) is 14.2. The average Bonchev–Trinajstić information content (AvgIpc) is 3.86. The van der Waals surface area contributed by atoms with Gasteiger partial charge in [-0.25, -0.2) is 15.0 Å². The predicted molar refractivity (Wildman–Crippen MR) is 296 cm³/mol. The van der Waals surface area contributed by atoms with Crippen LogP contribution in [0.4, 0.5) is 51.2 Å². The molecule has 11 aromatic carbocycles. The van der Waals surface area contributed by atoms with Crippen molar-refractivity contribution in [3.8, 4) is 45.7 Å². The zero-order valence-electron chi connectivity index (χ0n) is 39.1. The molecule has 0 fully saturated rings. The Morgan fingerprint density at radius 3 is 1.60 bits per heavy atom. The summed E-state index contributed by atoms with van der Waals surface area (Å²) < 4.78 is 13.0. The van der Waals surface area contributed by atoms with E-state index in [1.54, 1.807) is 0 Å². The van der Waals surface area contributed by atoms with Crippen LogP contribution in [0.2, 0.25) is 0 Å². The van der Waals surface area contributed by atoms with Crippen LogP contribution in [0.5, 0.6) is 11.5 Å². The minimum absolute atomic E-state index is 0.537. The van der Waals surface area contributed by atoms with Gasteiger partial charge in [0.1, 0.15) is 11.2 Å². The largest absolute Gasteiger partial charge is 0.455 e. The van der Waals surface area contributed by atoms with Gasteiger partial charge in [0, 0.05) is 38.4 Å². The monoisotopic (exact) mass is 936 g/mol. The second kappa shape index (κ2) is 16.3. The number of aromatic nitrogens is 3. The molecule has 2 aliphatic rings. The summed E-state index contributed by atoms with van der Waals surface area (Å²) in [5.41, 5.74) is 13.3. The van der Waals surface area contributed by atoms with E-state index in [0.29, 0.717) is 17.5 Å². The topological polar surface area (TPSA) is 70.8 Å². The highest BCUT2D eigenvalue weighted by Crippen LogP contribution is 2.59. The molecular formula is C65H40N6O2. The number of hydrogen-bond donors (Lipinski definition) is 0. The summed E-state index contributed by atoms with van der Waals surface area (Å²) in [6.45, 7) is 0. The van der Waals surface area contributed by atoms with E-state index >= 15 is 0 Å². The van der Waals surface area contributed by atoms with Crippen LogP contribution >= 0.6 is 0 Å².